The van der Waals surface area contributed by atoms with Crippen LogP contribution in [0.2, 0.25) is 0 Å². The topological polar surface area (TPSA) is 24.7 Å². The maximum Gasteiger partial charge on any atom is 0.0446 e. The Kier molecular flexibility index (Phi) is 5.63. The fraction of sp³-hybridized carbons (Fsp3) is 0.500. The zero-order valence-electron chi connectivity index (χ0n) is 6.78. The van der Waals surface area contributed by atoms with Crippen molar-refractivity contribution in [3.63, 3.8) is 0 Å². The summed E-state index contributed by atoms with van der Waals surface area (Å²) in [6.45, 7) is 5.98. The van der Waals surface area contributed by atoms with E-state index in [1.165, 1.54) is 0 Å². The van der Waals surface area contributed by atoms with Crippen molar-refractivity contribution in [2.24, 2.45) is 9.98 Å². The molecule has 0 aromatic heterocycles. The highest BCUT2D eigenvalue weighted by Crippen LogP contribution is 1.80. The molecular formula is C8H14N2. The van der Waals surface area contributed by atoms with Crippen LogP contribution < -0.4 is 0 Å². The molecule has 0 amide bonds. The molecule has 0 heterocycles. The third kappa shape index (κ3) is 7.08. The molecule has 0 N–H and O–H groups in total. The van der Waals surface area contributed by atoms with Crippen LogP contribution in [0.1, 0.15) is 20.8 Å². The van der Waals surface area contributed by atoms with Crippen LogP contribution in [0.25, 0.3) is 0 Å². The van der Waals surface area contributed by atoms with E-state index in [1.807, 2.05) is 26.8 Å². The molecule has 2 nitrogen and oxygen atoms in total. The van der Waals surface area contributed by atoms with Crippen LogP contribution in [-0.4, -0.2) is 18.5 Å². The van der Waals surface area contributed by atoms with Gasteiger partial charge in [-0.15, -0.1) is 0 Å². The summed E-state index contributed by atoms with van der Waals surface area (Å²) in [4.78, 5) is 8.00. The summed E-state index contributed by atoms with van der Waals surface area (Å²) < 4.78 is 0. The first-order valence-corrected chi connectivity index (χ1v) is 3.43. The summed E-state index contributed by atoms with van der Waals surface area (Å²) in [6.07, 6.45) is 7.00. The SMILES string of the molecule is C\C=C/N=C\C=N\C(C)C. The molecule has 0 aliphatic carbocycles. The zero-order chi connectivity index (χ0) is 7.82. The highest BCUT2D eigenvalue weighted by atomic mass is 14.8. The van der Waals surface area contributed by atoms with Crippen LogP contribution in [0.5, 0.6) is 0 Å². The second-order valence-electron chi connectivity index (χ2n) is 2.17. The van der Waals surface area contributed by atoms with E-state index in [0.29, 0.717) is 6.04 Å². The molecule has 0 spiro atoms. The Bertz CT molecular complexity index is 143. The van der Waals surface area contributed by atoms with Crippen LogP contribution in [0.4, 0.5) is 0 Å². The number of aliphatic imine (C=N–C) groups is 2. The molecule has 0 aliphatic rings. The Morgan fingerprint density at radius 3 is 2.40 bits per heavy atom. The van der Waals surface area contributed by atoms with Gasteiger partial charge in [0.25, 0.3) is 0 Å². The number of nitrogens with zero attached hydrogens (tertiary/aromatic N) is 2. The fourth-order valence-electron chi connectivity index (χ4n) is 0.385. The normalized spacial score (nSPS) is 13.2. The van der Waals surface area contributed by atoms with Gasteiger partial charge in [0.05, 0.1) is 0 Å². The van der Waals surface area contributed by atoms with Crippen molar-refractivity contribution >= 4 is 12.4 Å². The molecule has 0 saturated carbocycles. The van der Waals surface area contributed by atoms with Crippen molar-refractivity contribution in [1.29, 1.82) is 0 Å². The molecule has 0 radical (unpaired) electrons. The Balaban J connectivity index is 3.51. The molecule has 56 valence electrons. The van der Waals surface area contributed by atoms with Crippen LogP contribution in [0.3, 0.4) is 0 Å². The van der Waals surface area contributed by atoms with Gasteiger partial charge in [-0.3, -0.25) is 9.98 Å². The summed E-state index contributed by atoms with van der Waals surface area (Å²) in [5, 5.41) is 0. The van der Waals surface area contributed by atoms with Gasteiger partial charge in [0.1, 0.15) is 0 Å². The lowest BCUT2D eigenvalue weighted by Crippen LogP contribution is -1.88. The Morgan fingerprint density at radius 1 is 1.20 bits per heavy atom. The molecule has 2 heteroatoms. The smallest absolute Gasteiger partial charge is 0.0446 e. The zero-order valence-corrected chi connectivity index (χ0v) is 6.78. The molecule has 0 aliphatic heterocycles. The average molecular weight is 138 g/mol. The summed E-state index contributed by atoms with van der Waals surface area (Å²) in [5.41, 5.74) is 0. The number of hydrogen-bond acceptors (Lipinski definition) is 2. The molecule has 0 saturated heterocycles. The summed E-state index contributed by atoms with van der Waals surface area (Å²) in [6, 6.07) is 0.358. The molecule has 0 unspecified atom stereocenters. The molecule has 0 atom stereocenters. The van der Waals surface area contributed by atoms with Gasteiger partial charge < -0.3 is 0 Å². The second-order valence-corrected chi connectivity index (χ2v) is 2.17. The first kappa shape index (κ1) is 9.08. The number of allylic oxidation sites excluding steroid dienone is 1. The van der Waals surface area contributed by atoms with Crippen LogP contribution in [-0.2, 0) is 0 Å². The van der Waals surface area contributed by atoms with Crippen molar-refractivity contribution in [2.45, 2.75) is 26.8 Å². The van der Waals surface area contributed by atoms with E-state index in [9.17, 15) is 0 Å². The second kappa shape index (κ2) is 6.20. The third-order valence-corrected chi connectivity index (χ3v) is 0.772. The Morgan fingerprint density at radius 2 is 1.90 bits per heavy atom. The lowest BCUT2D eigenvalue weighted by molar-refractivity contribution is 0.843. The van der Waals surface area contributed by atoms with E-state index in [1.54, 1.807) is 18.6 Å². The lowest BCUT2D eigenvalue weighted by atomic mass is 10.4. The fourth-order valence-corrected chi connectivity index (χ4v) is 0.385. The van der Waals surface area contributed by atoms with Crippen molar-refractivity contribution in [2.75, 3.05) is 0 Å². The quantitative estimate of drug-likeness (QED) is 0.533. The molecule has 0 fully saturated rings. The Hall–Kier alpha value is -0.920. The maximum absolute atomic E-state index is 4.09. The molecule has 0 aromatic rings. The largest absolute Gasteiger partial charge is 0.289 e. The van der Waals surface area contributed by atoms with E-state index in [4.69, 9.17) is 0 Å². The Labute approximate surface area is 62.4 Å². The highest BCUT2D eigenvalue weighted by Gasteiger charge is 1.78. The van der Waals surface area contributed by atoms with E-state index >= 15 is 0 Å². The van der Waals surface area contributed by atoms with E-state index in [2.05, 4.69) is 9.98 Å². The maximum atomic E-state index is 4.09. The first-order chi connectivity index (χ1) is 4.77. The van der Waals surface area contributed by atoms with Gasteiger partial charge in [-0.1, -0.05) is 6.08 Å². The van der Waals surface area contributed by atoms with Gasteiger partial charge in [0.15, 0.2) is 0 Å². The van der Waals surface area contributed by atoms with Gasteiger partial charge in [0, 0.05) is 24.7 Å². The van der Waals surface area contributed by atoms with Crippen LogP contribution >= 0.6 is 0 Å². The monoisotopic (exact) mass is 138 g/mol. The standard InChI is InChI=1S/C8H14N2/c1-4-5-9-6-7-10-8(2)3/h4-8H,1-3H3/b5-4-,9-6-,10-7+. The predicted molar refractivity (Wildman–Crippen MR) is 46.9 cm³/mol. The first-order valence-electron chi connectivity index (χ1n) is 3.43. The van der Waals surface area contributed by atoms with E-state index in [0.717, 1.165) is 0 Å². The molecule has 0 rings (SSSR count). The number of hydrogen-bond donors (Lipinski definition) is 0. The summed E-state index contributed by atoms with van der Waals surface area (Å²) in [5.74, 6) is 0. The van der Waals surface area contributed by atoms with Crippen molar-refractivity contribution in [3.05, 3.63) is 12.3 Å². The van der Waals surface area contributed by atoms with Crippen molar-refractivity contribution in [1.82, 2.24) is 0 Å². The summed E-state index contributed by atoms with van der Waals surface area (Å²) >= 11 is 0. The van der Waals surface area contributed by atoms with Gasteiger partial charge in [0.2, 0.25) is 0 Å². The van der Waals surface area contributed by atoms with Crippen LogP contribution in [0.15, 0.2) is 22.3 Å². The molecule has 0 aromatic carbocycles. The molecule has 0 bridgehead atoms. The molecule has 10 heavy (non-hydrogen) atoms. The highest BCUT2D eigenvalue weighted by molar-refractivity contribution is 6.16. The minimum atomic E-state index is 0.358. The number of rotatable bonds is 3. The van der Waals surface area contributed by atoms with Crippen molar-refractivity contribution in [3.8, 4) is 0 Å². The summed E-state index contributed by atoms with van der Waals surface area (Å²) in [7, 11) is 0. The van der Waals surface area contributed by atoms with Gasteiger partial charge in [-0.25, -0.2) is 0 Å². The minimum Gasteiger partial charge on any atom is -0.289 e. The predicted octanol–water partition coefficient (Wildman–Crippen LogP) is 2.07. The third-order valence-electron chi connectivity index (χ3n) is 0.772. The average Bonchev–Trinajstić information content (AvgIpc) is 1.87. The van der Waals surface area contributed by atoms with Gasteiger partial charge >= 0.3 is 0 Å². The van der Waals surface area contributed by atoms with E-state index in [-0.39, 0.29) is 0 Å². The van der Waals surface area contributed by atoms with Crippen molar-refractivity contribution < 1.29 is 0 Å². The molecular weight excluding hydrogens is 124 g/mol. The van der Waals surface area contributed by atoms with Gasteiger partial charge in [-0.05, 0) is 20.8 Å². The lowest BCUT2D eigenvalue weighted by Gasteiger charge is -1.88. The minimum absolute atomic E-state index is 0.358. The van der Waals surface area contributed by atoms with Gasteiger partial charge in [-0.2, -0.15) is 0 Å². The van der Waals surface area contributed by atoms with E-state index < -0.39 is 0 Å². The van der Waals surface area contributed by atoms with Crippen LogP contribution in [0, 0.1) is 0 Å².